The number of hydrogen-bond donors (Lipinski definition) is 1. The molecule has 5 heteroatoms. The Kier molecular flexibility index (Phi) is 5.41. The molecule has 3 rings (SSSR count). The van der Waals surface area contributed by atoms with Crippen molar-refractivity contribution in [2.24, 2.45) is 0 Å². The normalized spacial score (nSPS) is 14.6. The maximum Gasteiger partial charge on any atom is 0.174 e. The summed E-state index contributed by atoms with van der Waals surface area (Å²) in [5.74, 6) is 1.80. The predicted molar refractivity (Wildman–Crippen MR) is 100 cm³/mol. The Balaban J connectivity index is 1.75. The smallest absolute Gasteiger partial charge is 0.174 e. The predicted octanol–water partition coefficient (Wildman–Crippen LogP) is 4.74. The van der Waals surface area contributed by atoms with Crippen molar-refractivity contribution >= 4 is 23.0 Å². The number of benzene rings is 1. The summed E-state index contributed by atoms with van der Waals surface area (Å²) >= 11 is 5.71. The van der Waals surface area contributed by atoms with Gasteiger partial charge in [0.1, 0.15) is 11.5 Å². The lowest BCUT2D eigenvalue weighted by Gasteiger charge is -2.31. The van der Waals surface area contributed by atoms with E-state index in [1.165, 1.54) is 25.7 Å². The average Bonchev–Trinajstić information content (AvgIpc) is 3.27. The van der Waals surface area contributed by atoms with E-state index in [0.29, 0.717) is 12.6 Å². The standard InChI is InChI=1S/C19H24N2O2S/c1-14-9-10-15(12-18(14)22-2)20-19(24)21(16-6-3-4-7-16)13-17-8-5-11-23-17/h5,8-12,16H,3-4,6-7,13H2,1-2H3,(H,20,24). The van der Waals surface area contributed by atoms with Gasteiger partial charge in [0.05, 0.1) is 19.9 Å². The summed E-state index contributed by atoms with van der Waals surface area (Å²) in [5, 5.41) is 4.11. The van der Waals surface area contributed by atoms with Crippen LogP contribution in [-0.4, -0.2) is 23.2 Å². The fourth-order valence-corrected chi connectivity index (χ4v) is 3.58. The van der Waals surface area contributed by atoms with E-state index >= 15 is 0 Å². The van der Waals surface area contributed by atoms with Crippen LogP contribution in [0.3, 0.4) is 0 Å². The summed E-state index contributed by atoms with van der Waals surface area (Å²) in [6.45, 7) is 2.73. The van der Waals surface area contributed by atoms with Gasteiger partial charge < -0.3 is 19.4 Å². The Hall–Kier alpha value is -2.01. The van der Waals surface area contributed by atoms with Crippen LogP contribution in [0.5, 0.6) is 5.75 Å². The van der Waals surface area contributed by atoms with Crippen molar-refractivity contribution in [1.29, 1.82) is 0 Å². The third kappa shape index (κ3) is 3.90. The Morgan fingerprint density at radius 1 is 1.33 bits per heavy atom. The molecule has 0 aliphatic heterocycles. The maximum absolute atomic E-state index is 5.71. The van der Waals surface area contributed by atoms with E-state index in [-0.39, 0.29) is 0 Å². The second-order valence-electron chi connectivity index (χ2n) is 6.26. The van der Waals surface area contributed by atoms with Crippen molar-refractivity contribution in [3.8, 4) is 5.75 Å². The van der Waals surface area contributed by atoms with Crippen LogP contribution in [0.25, 0.3) is 0 Å². The van der Waals surface area contributed by atoms with E-state index in [0.717, 1.165) is 27.9 Å². The number of nitrogens with one attached hydrogen (secondary N) is 1. The zero-order valence-electron chi connectivity index (χ0n) is 14.2. The number of rotatable bonds is 5. The van der Waals surface area contributed by atoms with Gasteiger partial charge in [0.25, 0.3) is 0 Å². The van der Waals surface area contributed by atoms with Crippen LogP contribution in [0.15, 0.2) is 41.0 Å². The highest BCUT2D eigenvalue weighted by Gasteiger charge is 2.25. The molecule has 24 heavy (non-hydrogen) atoms. The number of anilines is 1. The second kappa shape index (κ2) is 7.71. The van der Waals surface area contributed by atoms with Crippen LogP contribution in [0.1, 0.15) is 37.0 Å². The number of methoxy groups -OCH3 is 1. The van der Waals surface area contributed by atoms with E-state index in [1.807, 2.05) is 37.3 Å². The molecule has 1 aromatic carbocycles. The molecular formula is C19H24N2O2S. The Morgan fingerprint density at radius 3 is 2.79 bits per heavy atom. The number of furan rings is 1. The van der Waals surface area contributed by atoms with E-state index in [9.17, 15) is 0 Å². The Labute approximate surface area is 148 Å². The minimum atomic E-state index is 0.474. The molecule has 0 saturated heterocycles. The molecule has 1 heterocycles. The minimum Gasteiger partial charge on any atom is -0.496 e. The lowest BCUT2D eigenvalue weighted by atomic mass is 10.2. The number of ether oxygens (including phenoxy) is 1. The van der Waals surface area contributed by atoms with Crippen molar-refractivity contribution in [3.05, 3.63) is 47.9 Å². The van der Waals surface area contributed by atoms with Crippen molar-refractivity contribution < 1.29 is 9.15 Å². The molecule has 0 atom stereocenters. The first-order chi connectivity index (χ1) is 11.7. The molecule has 0 unspecified atom stereocenters. The van der Waals surface area contributed by atoms with Crippen LogP contribution < -0.4 is 10.1 Å². The number of nitrogens with zero attached hydrogens (tertiary/aromatic N) is 1. The summed E-state index contributed by atoms with van der Waals surface area (Å²) in [6, 6.07) is 10.5. The zero-order valence-corrected chi connectivity index (χ0v) is 15.1. The molecular weight excluding hydrogens is 320 g/mol. The molecule has 2 aromatic rings. The lowest BCUT2D eigenvalue weighted by molar-refractivity contribution is 0.286. The maximum atomic E-state index is 5.71. The van der Waals surface area contributed by atoms with Gasteiger partial charge in [-0.3, -0.25) is 0 Å². The van der Waals surface area contributed by atoms with E-state index < -0.39 is 0 Å². The van der Waals surface area contributed by atoms with Gasteiger partial charge in [-0.1, -0.05) is 18.9 Å². The first kappa shape index (κ1) is 16.8. The van der Waals surface area contributed by atoms with E-state index in [2.05, 4.69) is 10.2 Å². The minimum absolute atomic E-state index is 0.474. The van der Waals surface area contributed by atoms with Gasteiger partial charge in [-0.25, -0.2) is 0 Å². The summed E-state index contributed by atoms with van der Waals surface area (Å²) in [6.07, 6.45) is 6.60. The second-order valence-corrected chi connectivity index (χ2v) is 6.65. The highest BCUT2D eigenvalue weighted by molar-refractivity contribution is 7.80. The van der Waals surface area contributed by atoms with Crippen molar-refractivity contribution in [1.82, 2.24) is 4.90 Å². The van der Waals surface area contributed by atoms with Crippen LogP contribution in [0.4, 0.5) is 5.69 Å². The quantitative estimate of drug-likeness (QED) is 0.793. The zero-order chi connectivity index (χ0) is 16.9. The fraction of sp³-hybridized carbons (Fsp3) is 0.421. The van der Waals surface area contributed by atoms with Gasteiger partial charge in [0.15, 0.2) is 5.11 Å². The summed E-state index contributed by atoms with van der Waals surface area (Å²) in [7, 11) is 1.69. The van der Waals surface area contributed by atoms with Gasteiger partial charge in [-0.2, -0.15) is 0 Å². The molecule has 0 spiro atoms. The van der Waals surface area contributed by atoms with Gasteiger partial charge in [-0.15, -0.1) is 0 Å². The number of aryl methyl sites for hydroxylation is 1. The van der Waals surface area contributed by atoms with Crippen LogP contribution in [0.2, 0.25) is 0 Å². The highest BCUT2D eigenvalue weighted by atomic mass is 32.1. The van der Waals surface area contributed by atoms with Crippen molar-refractivity contribution in [2.45, 2.75) is 45.2 Å². The largest absolute Gasteiger partial charge is 0.496 e. The molecule has 1 aliphatic carbocycles. The molecule has 128 valence electrons. The van der Waals surface area contributed by atoms with Gasteiger partial charge in [-0.05, 0) is 55.7 Å². The van der Waals surface area contributed by atoms with Gasteiger partial charge >= 0.3 is 0 Å². The lowest BCUT2D eigenvalue weighted by Crippen LogP contribution is -2.40. The molecule has 1 aliphatic rings. The third-order valence-electron chi connectivity index (χ3n) is 4.59. The molecule has 1 N–H and O–H groups in total. The number of hydrogen-bond acceptors (Lipinski definition) is 3. The Bertz CT molecular complexity index is 679. The monoisotopic (exact) mass is 344 g/mol. The van der Waals surface area contributed by atoms with Crippen molar-refractivity contribution in [3.63, 3.8) is 0 Å². The molecule has 0 amide bonds. The summed E-state index contributed by atoms with van der Waals surface area (Å²) in [5.41, 5.74) is 2.06. The Morgan fingerprint density at radius 2 is 2.12 bits per heavy atom. The van der Waals surface area contributed by atoms with Gasteiger partial charge in [0, 0.05) is 17.8 Å². The molecule has 0 bridgehead atoms. The topological polar surface area (TPSA) is 37.6 Å². The van der Waals surface area contributed by atoms with Crippen LogP contribution in [0, 0.1) is 6.92 Å². The average molecular weight is 344 g/mol. The molecule has 1 saturated carbocycles. The molecule has 1 aromatic heterocycles. The third-order valence-corrected chi connectivity index (χ3v) is 4.93. The van der Waals surface area contributed by atoms with Crippen LogP contribution in [-0.2, 0) is 6.54 Å². The fourth-order valence-electron chi connectivity index (χ4n) is 3.25. The van der Waals surface area contributed by atoms with Crippen molar-refractivity contribution in [2.75, 3.05) is 12.4 Å². The summed E-state index contributed by atoms with van der Waals surface area (Å²) < 4.78 is 10.9. The first-order valence-corrected chi connectivity index (χ1v) is 8.83. The number of thiocarbonyl (C=S) groups is 1. The SMILES string of the molecule is COc1cc(NC(=S)N(Cc2ccco2)C2CCCC2)ccc1C. The first-order valence-electron chi connectivity index (χ1n) is 8.42. The van der Waals surface area contributed by atoms with E-state index in [4.69, 9.17) is 21.4 Å². The summed E-state index contributed by atoms with van der Waals surface area (Å²) in [4.78, 5) is 2.26. The molecule has 4 nitrogen and oxygen atoms in total. The van der Waals surface area contributed by atoms with Gasteiger partial charge in [0.2, 0.25) is 0 Å². The van der Waals surface area contributed by atoms with E-state index in [1.54, 1.807) is 13.4 Å². The van der Waals surface area contributed by atoms with Crippen LogP contribution >= 0.6 is 12.2 Å². The highest BCUT2D eigenvalue weighted by Crippen LogP contribution is 2.27. The molecule has 0 radical (unpaired) electrons. The molecule has 1 fully saturated rings.